The van der Waals surface area contributed by atoms with Crippen molar-refractivity contribution in [3.63, 3.8) is 0 Å². The fourth-order valence-corrected chi connectivity index (χ4v) is 2.45. The van der Waals surface area contributed by atoms with Crippen molar-refractivity contribution >= 4 is 0 Å². The summed E-state index contributed by atoms with van der Waals surface area (Å²) in [4.78, 5) is 2.48. The van der Waals surface area contributed by atoms with Crippen molar-refractivity contribution in [1.29, 1.82) is 5.26 Å². The normalized spacial score (nSPS) is 22.9. The van der Waals surface area contributed by atoms with Gasteiger partial charge in [-0.05, 0) is 31.4 Å². The smallest absolute Gasteiger partial charge is 0.0625 e. The highest BCUT2D eigenvalue weighted by atomic mass is 15.2. The summed E-state index contributed by atoms with van der Waals surface area (Å²) in [6, 6.07) is 13.4. The Morgan fingerprint density at radius 1 is 1.44 bits per heavy atom. The molecule has 0 radical (unpaired) electrons. The number of nitrogens with zero attached hydrogens (tertiary/aromatic N) is 2. The molecule has 0 amide bonds. The number of likely N-dealkylation sites (tertiary alicyclic amines) is 1. The average molecular weight is 214 g/mol. The molecule has 1 aliphatic heterocycles. The van der Waals surface area contributed by atoms with Crippen molar-refractivity contribution in [2.24, 2.45) is 5.92 Å². The zero-order valence-corrected chi connectivity index (χ0v) is 9.76. The third-order valence-electron chi connectivity index (χ3n) is 3.53. The minimum atomic E-state index is 0.477. The summed E-state index contributed by atoms with van der Waals surface area (Å²) in [5.41, 5.74) is 1.38. The van der Waals surface area contributed by atoms with E-state index >= 15 is 0 Å². The lowest BCUT2D eigenvalue weighted by Crippen LogP contribution is -2.24. The Bertz CT molecular complexity index is 366. The Morgan fingerprint density at radius 3 is 2.88 bits per heavy atom. The molecule has 0 unspecified atom stereocenters. The third-order valence-corrected chi connectivity index (χ3v) is 3.53. The first kappa shape index (κ1) is 11.2. The molecule has 0 aliphatic carbocycles. The molecule has 1 aliphatic rings. The molecule has 2 nitrogen and oxygen atoms in total. The van der Waals surface area contributed by atoms with Gasteiger partial charge in [-0.3, -0.25) is 4.90 Å². The van der Waals surface area contributed by atoms with Crippen LogP contribution in [0.3, 0.4) is 0 Å². The van der Waals surface area contributed by atoms with Gasteiger partial charge in [-0.2, -0.15) is 5.26 Å². The minimum Gasteiger partial charge on any atom is -0.296 e. The highest BCUT2D eigenvalue weighted by Crippen LogP contribution is 2.28. The summed E-state index contributed by atoms with van der Waals surface area (Å²) < 4.78 is 0. The van der Waals surface area contributed by atoms with Gasteiger partial charge >= 0.3 is 0 Å². The largest absolute Gasteiger partial charge is 0.296 e. The van der Waals surface area contributed by atoms with Crippen molar-refractivity contribution in [1.82, 2.24) is 4.90 Å². The van der Waals surface area contributed by atoms with Crippen LogP contribution in [0.15, 0.2) is 30.3 Å². The molecule has 0 N–H and O–H groups in total. The zero-order chi connectivity index (χ0) is 11.4. The number of nitriles is 1. The quantitative estimate of drug-likeness (QED) is 0.773. The minimum absolute atomic E-state index is 0.477. The van der Waals surface area contributed by atoms with Gasteiger partial charge in [0, 0.05) is 19.0 Å². The second-order valence-electron chi connectivity index (χ2n) is 4.60. The summed E-state index contributed by atoms with van der Waals surface area (Å²) in [5.74, 6) is 0.580. The van der Waals surface area contributed by atoms with Gasteiger partial charge in [0.15, 0.2) is 0 Å². The van der Waals surface area contributed by atoms with E-state index in [9.17, 15) is 0 Å². The molecule has 2 atom stereocenters. The number of rotatable bonds is 3. The van der Waals surface area contributed by atoms with Gasteiger partial charge in [0.2, 0.25) is 0 Å². The van der Waals surface area contributed by atoms with Crippen LogP contribution in [0.1, 0.15) is 31.4 Å². The SMILES string of the molecule is C[C@H](c1ccccc1)N1CC[C@@H](CC#N)C1. The van der Waals surface area contributed by atoms with Crippen molar-refractivity contribution in [3.05, 3.63) is 35.9 Å². The predicted octanol–water partition coefficient (Wildman–Crippen LogP) is 2.98. The third kappa shape index (κ3) is 2.43. The van der Waals surface area contributed by atoms with Gasteiger partial charge in [-0.15, -0.1) is 0 Å². The van der Waals surface area contributed by atoms with Gasteiger partial charge in [-0.25, -0.2) is 0 Å². The summed E-state index contributed by atoms with van der Waals surface area (Å²) in [7, 11) is 0. The standard InChI is InChI=1S/C14H18N2/c1-12(14-5-3-2-4-6-14)16-10-8-13(11-16)7-9-15/h2-6,12-13H,7-8,10-11H2,1H3/t12-,13-/m1/s1. The Morgan fingerprint density at radius 2 is 2.19 bits per heavy atom. The molecule has 2 heteroatoms. The first-order valence-corrected chi connectivity index (χ1v) is 5.97. The molecular weight excluding hydrogens is 196 g/mol. The maximum Gasteiger partial charge on any atom is 0.0625 e. The van der Waals surface area contributed by atoms with E-state index in [1.54, 1.807) is 0 Å². The molecule has 0 spiro atoms. The first-order chi connectivity index (χ1) is 7.81. The molecule has 1 aromatic carbocycles. The summed E-state index contributed by atoms with van der Waals surface area (Å²) in [6.45, 7) is 4.45. The lowest BCUT2D eigenvalue weighted by Gasteiger charge is -2.24. The van der Waals surface area contributed by atoms with Crippen LogP contribution in [-0.4, -0.2) is 18.0 Å². The molecule has 1 saturated heterocycles. The van der Waals surface area contributed by atoms with Crippen molar-refractivity contribution in [2.45, 2.75) is 25.8 Å². The summed E-state index contributed by atoms with van der Waals surface area (Å²) >= 11 is 0. The van der Waals surface area contributed by atoms with E-state index in [0.29, 0.717) is 18.4 Å². The molecule has 84 valence electrons. The number of hydrogen-bond acceptors (Lipinski definition) is 2. The van der Waals surface area contributed by atoms with Crippen LogP contribution >= 0.6 is 0 Å². The molecule has 1 aromatic rings. The summed E-state index contributed by atoms with van der Waals surface area (Å²) in [5, 5.41) is 8.70. The maximum absolute atomic E-state index is 8.70. The lowest BCUT2D eigenvalue weighted by atomic mass is 10.1. The fraction of sp³-hybridized carbons (Fsp3) is 0.500. The van der Waals surface area contributed by atoms with Crippen molar-refractivity contribution in [3.8, 4) is 6.07 Å². The first-order valence-electron chi connectivity index (χ1n) is 5.97. The van der Waals surface area contributed by atoms with Crippen LogP contribution in [0.2, 0.25) is 0 Å². The van der Waals surface area contributed by atoms with E-state index in [-0.39, 0.29) is 0 Å². The molecular formula is C14H18N2. The molecule has 1 fully saturated rings. The molecule has 1 heterocycles. The van der Waals surface area contributed by atoms with Gasteiger partial charge < -0.3 is 0 Å². The maximum atomic E-state index is 8.70. The topological polar surface area (TPSA) is 27.0 Å². The summed E-state index contributed by atoms with van der Waals surface area (Å²) in [6.07, 6.45) is 1.88. The number of hydrogen-bond donors (Lipinski definition) is 0. The van der Waals surface area contributed by atoms with Crippen molar-refractivity contribution in [2.75, 3.05) is 13.1 Å². The van der Waals surface area contributed by atoms with Gasteiger partial charge in [0.05, 0.1) is 6.07 Å². The lowest BCUT2D eigenvalue weighted by molar-refractivity contribution is 0.253. The van der Waals surface area contributed by atoms with Gasteiger partial charge in [0.25, 0.3) is 0 Å². The Labute approximate surface area is 97.5 Å². The van der Waals surface area contributed by atoms with Gasteiger partial charge in [-0.1, -0.05) is 30.3 Å². The molecule has 0 bridgehead atoms. The Kier molecular flexibility index (Phi) is 3.58. The second-order valence-corrected chi connectivity index (χ2v) is 4.60. The van der Waals surface area contributed by atoms with Crippen LogP contribution in [-0.2, 0) is 0 Å². The van der Waals surface area contributed by atoms with Crippen LogP contribution in [0.5, 0.6) is 0 Å². The number of benzene rings is 1. The van der Waals surface area contributed by atoms with Gasteiger partial charge in [0.1, 0.15) is 0 Å². The van der Waals surface area contributed by atoms with E-state index in [4.69, 9.17) is 5.26 Å². The van der Waals surface area contributed by atoms with Crippen LogP contribution < -0.4 is 0 Å². The average Bonchev–Trinajstić information content (AvgIpc) is 2.78. The van der Waals surface area contributed by atoms with E-state index < -0.39 is 0 Å². The van der Waals surface area contributed by atoms with E-state index in [0.717, 1.165) is 13.1 Å². The van der Waals surface area contributed by atoms with E-state index in [1.807, 2.05) is 0 Å². The highest BCUT2D eigenvalue weighted by molar-refractivity contribution is 5.18. The predicted molar refractivity (Wildman–Crippen MR) is 64.8 cm³/mol. The second kappa shape index (κ2) is 5.14. The zero-order valence-electron chi connectivity index (χ0n) is 9.76. The van der Waals surface area contributed by atoms with E-state index in [1.165, 1.54) is 12.0 Å². The molecule has 16 heavy (non-hydrogen) atoms. The Balaban J connectivity index is 1.97. The molecule has 2 rings (SSSR count). The fourth-order valence-electron chi connectivity index (χ4n) is 2.45. The molecule has 0 aromatic heterocycles. The van der Waals surface area contributed by atoms with Crippen molar-refractivity contribution < 1.29 is 0 Å². The monoisotopic (exact) mass is 214 g/mol. The van der Waals surface area contributed by atoms with Crippen LogP contribution in [0.4, 0.5) is 0 Å². The van der Waals surface area contributed by atoms with Crippen LogP contribution in [0, 0.1) is 17.2 Å². The highest BCUT2D eigenvalue weighted by Gasteiger charge is 2.26. The molecule has 0 saturated carbocycles. The Hall–Kier alpha value is -1.33. The van der Waals surface area contributed by atoms with E-state index in [2.05, 4.69) is 48.2 Å². The van der Waals surface area contributed by atoms with Crippen LogP contribution in [0.25, 0.3) is 0 Å².